The normalized spacial score (nSPS) is 26.0. The summed E-state index contributed by atoms with van der Waals surface area (Å²) in [7, 11) is -4.73. The molecule has 121 heavy (non-hydrogen) atoms. The van der Waals surface area contributed by atoms with Crippen LogP contribution in [0.1, 0.15) is 202 Å². The fourth-order valence-corrected chi connectivity index (χ4v) is 16.8. The van der Waals surface area contributed by atoms with Gasteiger partial charge in [-0.3, -0.25) is 38.1 Å². The quantitative estimate of drug-likeness (QED) is 0.0164. The Morgan fingerprint density at radius 2 is 1.35 bits per heavy atom. The van der Waals surface area contributed by atoms with Gasteiger partial charge >= 0.3 is 13.7 Å². The van der Waals surface area contributed by atoms with Crippen molar-refractivity contribution in [1.82, 2.24) is 31.9 Å². The number of nitrogens with one attached hydrogen (secondary N) is 6. The number of benzene rings is 5. The Hall–Kier alpha value is -8.74. The number of fused-ring (bicyclic) bond motifs is 15. The average Bonchev–Trinajstić information content (AvgIpc) is 0.767. The summed E-state index contributed by atoms with van der Waals surface area (Å²) in [5.41, 5.74) is 3.15. The van der Waals surface area contributed by atoms with Crippen LogP contribution in [0, 0.1) is 23.2 Å². The molecule has 0 spiro atoms. The zero-order chi connectivity index (χ0) is 88.5. The number of aliphatic hydroxyl groups is 6. The van der Waals surface area contributed by atoms with Gasteiger partial charge in [-0.1, -0.05) is 121 Å². The highest BCUT2D eigenvalue weighted by molar-refractivity contribution is 7.51. The molecule has 2 fully saturated rings. The maximum absolute atomic E-state index is 16.4. The second kappa shape index (κ2) is 43.5. The first kappa shape index (κ1) is 96.1. The highest BCUT2D eigenvalue weighted by atomic mass is 35.5. The summed E-state index contributed by atoms with van der Waals surface area (Å²) in [6.45, 7) is 10.5. The number of halogens is 2. The molecule has 7 heterocycles. The minimum Gasteiger partial charge on any atom is -0.507 e. The molecule has 5 aromatic rings. The van der Waals surface area contributed by atoms with Crippen LogP contribution in [0.15, 0.2) is 72.8 Å². The van der Waals surface area contributed by atoms with Gasteiger partial charge in [-0.25, -0.2) is 0 Å². The molecule has 0 aliphatic carbocycles. The number of hydrogen-bond acceptors (Lipinski definition) is 27. The second-order valence-electron chi connectivity index (χ2n) is 32.1. The summed E-state index contributed by atoms with van der Waals surface area (Å²) >= 11 is 14.4. The van der Waals surface area contributed by atoms with Gasteiger partial charge in [0, 0.05) is 61.2 Å². The van der Waals surface area contributed by atoms with Gasteiger partial charge in [0.2, 0.25) is 41.6 Å². The zero-order valence-corrected chi connectivity index (χ0v) is 70.4. The lowest BCUT2D eigenvalue weighted by molar-refractivity contribution is -0.339. The summed E-state index contributed by atoms with van der Waals surface area (Å²) in [4.78, 5) is 141. The van der Waals surface area contributed by atoms with E-state index >= 15 is 19.2 Å². The first-order chi connectivity index (χ1) is 57.4. The average molecular weight is 1750 g/mol. The molecule has 12 rings (SSSR count). The van der Waals surface area contributed by atoms with Crippen LogP contribution in [-0.4, -0.2) is 190 Å². The molecule has 17 unspecified atom stereocenters. The van der Waals surface area contributed by atoms with Gasteiger partial charge in [0.05, 0.1) is 52.5 Å². The summed E-state index contributed by atoms with van der Waals surface area (Å²) in [5, 5.41) is 123. The van der Waals surface area contributed by atoms with E-state index in [2.05, 4.69) is 38.8 Å². The smallest absolute Gasteiger partial charge is 0.373 e. The third-order valence-electron chi connectivity index (χ3n) is 22.5. The number of phenolic OH excluding ortho intramolecular Hbond substituents is 3. The van der Waals surface area contributed by atoms with Gasteiger partial charge in [0.15, 0.2) is 35.5 Å². The van der Waals surface area contributed by atoms with Gasteiger partial charge in [-0.15, -0.1) is 0 Å². The number of aromatic hydroxyl groups is 3. The molecule has 5 aromatic carbocycles. The van der Waals surface area contributed by atoms with Crippen molar-refractivity contribution in [3.8, 4) is 57.1 Å². The van der Waals surface area contributed by atoms with Crippen LogP contribution in [0.25, 0.3) is 11.1 Å². The van der Waals surface area contributed by atoms with Crippen molar-refractivity contribution in [3.05, 3.63) is 116 Å². The zero-order valence-electron chi connectivity index (χ0n) is 68.0. The minimum absolute atomic E-state index is 0.0174. The van der Waals surface area contributed by atoms with E-state index in [1.165, 1.54) is 80.6 Å². The van der Waals surface area contributed by atoms with Crippen molar-refractivity contribution >= 4 is 78.1 Å². The van der Waals surface area contributed by atoms with Crippen LogP contribution in [-0.2, 0) is 75.0 Å². The highest BCUT2D eigenvalue weighted by Crippen LogP contribution is 2.51. The van der Waals surface area contributed by atoms with Crippen LogP contribution in [0.5, 0.6) is 46.0 Å². The van der Waals surface area contributed by atoms with Crippen molar-refractivity contribution in [2.24, 2.45) is 28.9 Å². The summed E-state index contributed by atoms with van der Waals surface area (Å²) < 4.78 is 51.8. The van der Waals surface area contributed by atoms with Gasteiger partial charge in [-0.05, 0) is 140 Å². The predicted molar refractivity (Wildman–Crippen MR) is 435 cm³/mol. The molecule has 7 aliphatic heterocycles. The Kier molecular flexibility index (Phi) is 34.6. The number of rotatable bonds is 29. The number of carbonyl (C=O) groups excluding carboxylic acids is 9. The molecular formula is C84H110Cl2N7O27P. The fourth-order valence-electron chi connectivity index (χ4n) is 16.0. The first-order valence-corrected chi connectivity index (χ1v) is 43.1. The molecule has 0 radical (unpaired) electrons. The Bertz CT molecular complexity index is 4590. The summed E-state index contributed by atoms with van der Waals surface area (Å²) in [6, 6.07) is 8.15. The van der Waals surface area contributed by atoms with Crippen molar-refractivity contribution in [2.75, 3.05) is 26.0 Å². The van der Waals surface area contributed by atoms with Gasteiger partial charge < -0.3 is 122 Å². The molecule has 19 N–H and O–H groups in total. The maximum atomic E-state index is 16.4. The van der Waals surface area contributed by atoms with Gasteiger partial charge in [0.25, 0.3) is 0 Å². The summed E-state index contributed by atoms with van der Waals surface area (Å²) in [6.07, 6.45) is -8.99. The molecule has 7 aliphatic rings. The molecule has 17 atom stereocenters. The van der Waals surface area contributed by atoms with Gasteiger partial charge in [0.1, 0.15) is 77.4 Å². The van der Waals surface area contributed by atoms with E-state index in [4.69, 9.17) is 66.9 Å². The van der Waals surface area contributed by atoms with E-state index in [9.17, 15) is 74.7 Å². The van der Waals surface area contributed by atoms with E-state index in [-0.39, 0.29) is 84.5 Å². The maximum Gasteiger partial charge on any atom is 0.373 e. The van der Waals surface area contributed by atoms with E-state index in [0.29, 0.717) is 32.2 Å². The number of ether oxygens (including phenoxy) is 6. The Labute approximate surface area is 709 Å². The number of phenols is 3. The Balaban J connectivity index is 0.00000546. The number of ketones is 2. The lowest BCUT2D eigenvalue weighted by Crippen LogP contribution is -2.62. The van der Waals surface area contributed by atoms with Crippen molar-refractivity contribution in [1.29, 1.82) is 0 Å². The molecule has 2 saturated heterocycles. The van der Waals surface area contributed by atoms with Gasteiger partial charge in [-0.2, -0.15) is 9.59 Å². The number of nitrogens with two attached hydrogens (primary N) is 1. The Morgan fingerprint density at radius 3 is 1.95 bits per heavy atom. The number of Topliss-reactive ketones (excluding diaryl/α,β-unsaturated/α-hetero) is 2. The highest BCUT2D eigenvalue weighted by Gasteiger charge is 2.52. The lowest BCUT2D eigenvalue weighted by Gasteiger charge is -2.48. The van der Waals surface area contributed by atoms with Crippen molar-refractivity contribution in [2.45, 2.75) is 243 Å². The summed E-state index contributed by atoms with van der Waals surface area (Å²) in [5.74, 6) is -16.3. The van der Waals surface area contributed by atoms with Crippen molar-refractivity contribution in [3.63, 3.8) is 0 Å². The molecule has 37 heteroatoms. The van der Waals surface area contributed by atoms with Crippen LogP contribution < -0.4 is 51.8 Å². The number of primary amides is 1. The van der Waals surface area contributed by atoms with E-state index in [1.807, 2.05) is 20.8 Å². The minimum atomic E-state index is -4.73. The van der Waals surface area contributed by atoms with E-state index in [0.717, 1.165) is 50.1 Å². The molecule has 662 valence electrons. The van der Waals surface area contributed by atoms with E-state index in [1.54, 1.807) is 13.8 Å². The topological polar surface area (TPSA) is 547 Å². The first-order valence-electron chi connectivity index (χ1n) is 40.6. The van der Waals surface area contributed by atoms with E-state index < -0.39 is 231 Å². The largest absolute Gasteiger partial charge is 0.507 e. The third kappa shape index (κ3) is 24.6. The standard InChI is InChI=1S/C83H110Cl2N7O25P.CO2/c1-7-9-10-11-12-13-14-15-24-87-25-16-23-83(6)36-65(112-42(5)77(83)104)116-76-74(103)73(102)63(39-93)115-82(76)117-75-61-32-47-33-62(75)114-60-22-19-46(29-54(60)85)71(100)69-81(108)89-37-49-31-56(95)52(38-88-40-118(109,110)111)72(101)66(49)51-27-44(17-20-55(51)94)50(80(107)92-69)35-58(97)67(47)90-79(106)48(34-64(86)98)30-57(96)68(91-78(105)43(8-2)26-41(3)4)70(99)45-18-21-59(113-61)53(84)28-45;2-1-3/h17-22,27-29,31-33,41-43,48,50,63,65,67-71,73-74,76-77,82,87-88,93-95,99-104H,7-16,23-26,30,34-40H2,1-6H3,(H2,86,98)(H,89,108)(H,90,106)(H,91,105)(H,92,107)(H2,109,110,111);. The number of amides is 5. The number of hydrogen-bond donors (Lipinski definition) is 18. The number of unbranched alkanes of at least 4 members (excludes halogenated alkanes) is 7. The van der Waals surface area contributed by atoms with Crippen LogP contribution in [0.2, 0.25) is 10.0 Å². The fraction of sp³-hybridized carbons (Fsp3) is 0.548. The molecule has 11 bridgehead atoms. The van der Waals surface area contributed by atoms with Crippen LogP contribution in [0.3, 0.4) is 0 Å². The number of aliphatic hydroxyl groups excluding tert-OH is 6. The van der Waals surface area contributed by atoms with Crippen molar-refractivity contribution < 1.29 is 132 Å². The second-order valence-corrected chi connectivity index (χ2v) is 34.6. The SMILES string of the molecule is CCCCCCCCCCNCCCC1(C)CC(OC2C(Oc3c4cc5cc3Oc3ccc(cc3Cl)C(O)C3NC(=O)C(CC(=O)C5NC(=O)C(CC(N)=O)CC(=O)C(NC(=O)C(CC)CC(C)C)C(O)c5ccc(c(Cl)c5)O4)c4ccc(O)c(c4)-c4c(cc(O)c(CNCP(=O)(O)O)c4O)CNC3=O)OC(CO)C(O)C2O)OC(C)C1O.O=C=O. The lowest BCUT2D eigenvalue weighted by atomic mass is 9.73. The molecule has 0 aromatic heterocycles. The van der Waals surface area contributed by atoms with Crippen LogP contribution >= 0.6 is 30.8 Å². The molecule has 5 amide bonds. The monoisotopic (exact) mass is 1750 g/mol. The van der Waals surface area contributed by atoms with Crippen LogP contribution in [0.4, 0.5) is 0 Å². The molecule has 34 nitrogen and oxygen atoms in total. The Morgan fingerprint density at radius 1 is 0.727 bits per heavy atom. The predicted octanol–water partition coefficient (Wildman–Crippen LogP) is 7.34. The molecule has 0 saturated carbocycles. The molecular weight excluding hydrogens is 1640 g/mol. The number of carbonyl (C=O) groups is 7. The third-order valence-corrected chi connectivity index (χ3v) is 23.8.